The van der Waals surface area contributed by atoms with E-state index >= 15 is 0 Å². The van der Waals surface area contributed by atoms with Crippen molar-refractivity contribution >= 4 is 18.0 Å². The summed E-state index contributed by atoms with van der Waals surface area (Å²) < 4.78 is 0. The monoisotopic (exact) mass is 248 g/mol. The molecule has 0 unspecified atom stereocenters. The van der Waals surface area contributed by atoms with Gasteiger partial charge in [0.25, 0.3) is 0 Å². The number of hydrogen-bond donors (Lipinski definition) is 1. The summed E-state index contributed by atoms with van der Waals surface area (Å²) in [6.07, 6.45) is 1.81. The predicted octanol–water partition coefficient (Wildman–Crippen LogP) is 3.00. The lowest BCUT2D eigenvalue weighted by Crippen LogP contribution is -2.20. The number of carboxylic acid groups (broad SMARTS) is 1. The van der Waals surface area contributed by atoms with Gasteiger partial charge in [0.2, 0.25) is 0 Å². The first-order valence-corrected chi connectivity index (χ1v) is 6.12. The highest BCUT2D eigenvalue weighted by molar-refractivity contribution is 5.90. The van der Waals surface area contributed by atoms with Crippen LogP contribution in [0.25, 0.3) is 0 Å². The number of aliphatic imine (C=N–C) groups is 1. The zero-order valence-electron chi connectivity index (χ0n) is 11.4. The van der Waals surface area contributed by atoms with Gasteiger partial charge in [-0.2, -0.15) is 0 Å². The summed E-state index contributed by atoms with van der Waals surface area (Å²) in [4.78, 5) is 17.5. The first-order chi connectivity index (χ1) is 8.49. The van der Waals surface area contributed by atoms with Crippen LogP contribution in [0.4, 0.5) is 5.69 Å². The first kappa shape index (κ1) is 14.2. The summed E-state index contributed by atoms with van der Waals surface area (Å²) in [5.74, 6) is -0.894. The van der Waals surface area contributed by atoms with E-state index in [1.807, 2.05) is 19.3 Å². The average Bonchev–Trinajstić information content (AvgIpc) is 2.33. The smallest absolute Gasteiger partial charge is 0.335 e. The quantitative estimate of drug-likeness (QED) is 0.643. The molecule has 18 heavy (non-hydrogen) atoms. The Kier molecular flexibility index (Phi) is 4.89. The maximum absolute atomic E-state index is 11.0. The van der Waals surface area contributed by atoms with Crippen LogP contribution in [0.2, 0.25) is 0 Å². The molecule has 0 fully saturated rings. The van der Waals surface area contributed by atoms with Gasteiger partial charge in [0.05, 0.1) is 17.6 Å². The van der Waals surface area contributed by atoms with E-state index in [9.17, 15) is 4.79 Å². The topological polar surface area (TPSA) is 52.9 Å². The molecule has 98 valence electrons. The first-order valence-electron chi connectivity index (χ1n) is 6.12. The van der Waals surface area contributed by atoms with Crippen molar-refractivity contribution in [3.05, 3.63) is 28.8 Å². The van der Waals surface area contributed by atoms with Gasteiger partial charge in [-0.3, -0.25) is 0 Å². The molecule has 0 amide bonds. The zero-order chi connectivity index (χ0) is 13.7. The fourth-order valence-electron chi connectivity index (χ4n) is 1.70. The van der Waals surface area contributed by atoms with Gasteiger partial charge in [0.1, 0.15) is 0 Å². The molecule has 0 aliphatic rings. The minimum absolute atomic E-state index is 0.342. The lowest BCUT2D eigenvalue weighted by Gasteiger charge is -2.14. The van der Waals surface area contributed by atoms with Crippen LogP contribution in [0.15, 0.2) is 17.1 Å². The molecule has 0 atom stereocenters. The predicted molar refractivity (Wildman–Crippen MR) is 73.9 cm³/mol. The average molecular weight is 248 g/mol. The summed E-state index contributed by atoms with van der Waals surface area (Å²) in [5, 5.41) is 9.03. The minimum Gasteiger partial charge on any atom is -0.478 e. The second-order valence-corrected chi connectivity index (χ2v) is 4.22. The number of rotatable bonds is 5. The molecule has 0 radical (unpaired) electrons. The zero-order valence-corrected chi connectivity index (χ0v) is 11.4. The lowest BCUT2D eigenvalue weighted by atomic mass is 10.0. The second kappa shape index (κ2) is 6.19. The molecule has 0 aliphatic carbocycles. The van der Waals surface area contributed by atoms with Crippen LogP contribution in [-0.4, -0.2) is 35.4 Å². The highest BCUT2D eigenvalue weighted by atomic mass is 16.4. The summed E-state index contributed by atoms with van der Waals surface area (Å²) in [5.41, 5.74) is 2.78. The van der Waals surface area contributed by atoms with Gasteiger partial charge in [-0.05, 0) is 51.0 Å². The van der Waals surface area contributed by atoms with E-state index in [-0.39, 0.29) is 0 Å². The SMILES string of the molecule is CCN(C=Nc1cc(C)c(C(=O)O)cc1C)CC. The Hall–Kier alpha value is -1.84. The molecular weight excluding hydrogens is 228 g/mol. The molecule has 4 nitrogen and oxygen atoms in total. The number of carbonyl (C=O) groups is 1. The number of aryl methyl sites for hydroxylation is 2. The Balaban J connectivity index is 3.05. The molecule has 0 heterocycles. The Bertz CT molecular complexity index is 463. The summed E-state index contributed by atoms with van der Waals surface area (Å²) in [6, 6.07) is 3.49. The number of hydrogen-bond acceptors (Lipinski definition) is 2. The molecule has 0 saturated heterocycles. The highest BCUT2D eigenvalue weighted by Crippen LogP contribution is 2.23. The van der Waals surface area contributed by atoms with Crippen molar-refractivity contribution in [3.63, 3.8) is 0 Å². The van der Waals surface area contributed by atoms with E-state index in [4.69, 9.17) is 5.11 Å². The molecule has 1 N–H and O–H groups in total. The largest absolute Gasteiger partial charge is 0.478 e. The molecule has 1 rings (SSSR count). The van der Waals surface area contributed by atoms with E-state index in [1.54, 1.807) is 13.0 Å². The lowest BCUT2D eigenvalue weighted by molar-refractivity contribution is 0.0696. The van der Waals surface area contributed by atoms with E-state index in [2.05, 4.69) is 23.7 Å². The van der Waals surface area contributed by atoms with Crippen molar-refractivity contribution in [3.8, 4) is 0 Å². The molecule has 0 spiro atoms. The van der Waals surface area contributed by atoms with Crippen LogP contribution in [0.3, 0.4) is 0 Å². The summed E-state index contributed by atoms with van der Waals surface area (Å²) in [6.45, 7) is 9.62. The van der Waals surface area contributed by atoms with E-state index in [0.29, 0.717) is 5.56 Å². The third-order valence-corrected chi connectivity index (χ3v) is 2.95. The fourth-order valence-corrected chi connectivity index (χ4v) is 1.70. The summed E-state index contributed by atoms with van der Waals surface area (Å²) >= 11 is 0. The standard InChI is InChI=1S/C14H20N2O2/c1-5-16(6-2)9-15-13-8-10(3)12(14(17)18)7-11(13)4/h7-9H,5-6H2,1-4H3,(H,17,18). The molecule has 1 aromatic rings. The number of carboxylic acids is 1. The Morgan fingerprint density at radius 1 is 1.28 bits per heavy atom. The van der Waals surface area contributed by atoms with E-state index in [1.165, 1.54) is 0 Å². The van der Waals surface area contributed by atoms with Crippen molar-refractivity contribution in [1.82, 2.24) is 4.90 Å². The molecule has 4 heteroatoms. The molecular formula is C14H20N2O2. The van der Waals surface area contributed by atoms with Crippen molar-refractivity contribution < 1.29 is 9.90 Å². The van der Waals surface area contributed by atoms with Crippen molar-refractivity contribution in [2.45, 2.75) is 27.7 Å². The van der Waals surface area contributed by atoms with Crippen LogP contribution < -0.4 is 0 Å². The Morgan fingerprint density at radius 3 is 2.39 bits per heavy atom. The van der Waals surface area contributed by atoms with Gasteiger partial charge in [0, 0.05) is 13.1 Å². The van der Waals surface area contributed by atoms with Gasteiger partial charge in [-0.25, -0.2) is 9.79 Å². The summed E-state index contributed by atoms with van der Waals surface area (Å²) in [7, 11) is 0. The van der Waals surface area contributed by atoms with Gasteiger partial charge in [-0.1, -0.05) is 0 Å². The van der Waals surface area contributed by atoms with Gasteiger partial charge in [-0.15, -0.1) is 0 Å². The molecule has 0 aliphatic heterocycles. The highest BCUT2D eigenvalue weighted by Gasteiger charge is 2.09. The van der Waals surface area contributed by atoms with E-state index < -0.39 is 5.97 Å². The van der Waals surface area contributed by atoms with E-state index in [0.717, 1.165) is 29.9 Å². The molecule has 1 aromatic carbocycles. The van der Waals surface area contributed by atoms with Gasteiger partial charge >= 0.3 is 5.97 Å². The molecule has 0 saturated carbocycles. The van der Waals surface area contributed by atoms with Crippen LogP contribution in [-0.2, 0) is 0 Å². The molecule has 0 aromatic heterocycles. The van der Waals surface area contributed by atoms with Crippen LogP contribution in [0.1, 0.15) is 35.3 Å². The number of nitrogens with zero attached hydrogens (tertiary/aromatic N) is 2. The van der Waals surface area contributed by atoms with Crippen molar-refractivity contribution in [1.29, 1.82) is 0 Å². The van der Waals surface area contributed by atoms with Gasteiger partial charge in [0.15, 0.2) is 0 Å². The number of benzene rings is 1. The maximum Gasteiger partial charge on any atom is 0.335 e. The fraction of sp³-hybridized carbons (Fsp3) is 0.429. The third-order valence-electron chi connectivity index (χ3n) is 2.95. The van der Waals surface area contributed by atoms with Crippen molar-refractivity contribution in [2.75, 3.05) is 13.1 Å². The number of aromatic carboxylic acids is 1. The molecule has 0 bridgehead atoms. The third kappa shape index (κ3) is 3.32. The Labute approximate surface area is 108 Å². The van der Waals surface area contributed by atoms with Crippen LogP contribution in [0, 0.1) is 13.8 Å². The Morgan fingerprint density at radius 2 is 1.89 bits per heavy atom. The normalized spacial score (nSPS) is 10.9. The second-order valence-electron chi connectivity index (χ2n) is 4.22. The van der Waals surface area contributed by atoms with Gasteiger partial charge < -0.3 is 10.0 Å². The van der Waals surface area contributed by atoms with Crippen molar-refractivity contribution in [2.24, 2.45) is 4.99 Å². The maximum atomic E-state index is 11.0. The van der Waals surface area contributed by atoms with Crippen LogP contribution in [0.5, 0.6) is 0 Å². The minimum atomic E-state index is -0.894. The van der Waals surface area contributed by atoms with Crippen LogP contribution >= 0.6 is 0 Å².